The van der Waals surface area contributed by atoms with E-state index in [2.05, 4.69) is 10.0 Å². The van der Waals surface area contributed by atoms with Crippen molar-refractivity contribution in [1.29, 1.82) is 0 Å². The van der Waals surface area contributed by atoms with Crippen LogP contribution in [0, 0.1) is 11.7 Å². The second-order valence-corrected chi connectivity index (χ2v) is 5.17. The van der Waals surface area contributed by atoms with E-state index in [1.165, 1.54) is 18.2 Å². The molecule has 1 aliphatic carbocycles. The quantitative estimate of drug-likeness (QED) is 0.471. The fraction of sp³-hybridized carbons (Fsp3) is 0.571. The summed E-state index contributed by atoms with van der Waals surface area (Å²) in [5.41, 5.74) is 7.59. The number of aliphatic hydroxyl groups is 1. The highest BCUT2D eigenvalue weighted by Crippen LogP contribution is 2.33. The number of hydrogen-bond acceptors (Lipinski definition) is 3. The lowest BCUT2D eigenvalue weighted by atomic mass is 9.91. The number of rotatable bonds is 7. The molecule has 0 spiro atoms. The lowest BCUT2D eigenvalue weighted by molar-refractivity contribution is 0.0416. The molecule has 0 aliphatic heterocycles. The Balaban J connectivity index is 2.20. The van der Waals surface area contributed by atoms with Crippen molar-refractivity contribution in [1.82, 2.24) is 0 Å². The van der Waals surface area contributed by atoms with Gasteiger partial charge in [-0.05, 0) is 48.4 Å². The van der Waals surface area contributed by atoms with Crippen molar-refractivity contribution in [2.24, 2.45) is 11.0 Å². The molecule has 0 bridgehead atoms. The first-order valence-corrected chi connectivity index (χ1v) is 6.75. The summed E-state index contributed by atoms with van der Waals surface area (Å²) in [4.78, 5) is 2.66. The molecule has 5 nitrogen and oxygen atoms in total. The molecule has 1 fully saturated rings. The standard InChI is InChI=1S/C14H18FN3O2/c1-2-14(19,9-17-18-16)11-5-6-12(15)13(7-11)20-8-10-3-4-10/h5-7,10,19H,2-4,8-9H2,1H3/t14-/m1/s1. The van der Waals surface area contributed by atoms with Gasteiger partial charge in [-0.2, -0.15) is 0 Å². The van der Waals surface area contributed by atoms with Crippen molar-refractivity contribution in [3.8, 4) is 5.75 Å². The minimum Gasteiger partial charge on any atom is -0.490 e. The molecule has 2 rings (SSSR count). The van der Waals surface area contributed by atoms with Crippen LogP contribution in [0.5, 0.6) is 5.75 Å². The SMILES string of the molecule is CC[C@@](O)(CN=[N+]=[N-])c1ccc(F)c(OCC2CC2)c1. The first-order valence-electron chi connectivity index (χ1n) is 6.75. The molecule has 1 aromatic carbocycles. The summed E-state index contributed by atoms with van der Waals surface area (Å²) in [5.74, 6) is 0.213. The van der Waals surface area contributed by atoms with Gasteiger partial charge in [-0.25, -0.2) is 4.39 Å². The van der Waals surface area contributed by atoms with Crippen molar-refractivity contribution >= 4 is 0 Å². The minimum absolute atomic E-state index is 0.0896. The molecule has 1 atom stereocenters. The second kappa shape index (κ2) is 6.11. The zero-order chi connectivity index (χ0) is 14.6. The topological polar surface area (TPSA) is 78.2 Å². The maximum atomic E-state index is 13.7. The van der Waals surface area contributed by atoms with Crippen LogP contribution >= 0.6 is 0 Å². The fourth-order valence-corrected chi connectivity index (χ4v) is 1.95. The van der Waals surface area contributed by atoms with Crippen LogP contribution in [0.2, 0.25) is 0 Å². The van der Waals surface area contributed by atoms with Crippen molar-refractivity contribution < 1.29 is 14.2 Å². The average molecular weight is 279 g/mol. The third kappa shape index (κ3) is 3.40. The molecule has 1 aliphatic rings. The van der Waals surface area contributed by atoms with E-state index in [4.69, 9.17) is 10.3 Å². The molecule has 1 saturated carbocycles. The Morgan fingerprint density at radius 2 is 2.30 bits per heavy atom. The minimum atomic E-state index is -1.29. The van der Waals surface area contributed by atoms with Gasteiger partial charge in [0.1, 0.15) is 0 Å². The number of azide groups is 1. The van der Waals surface area contributed by atoms with E-state index in [0.717, 1.165) is 12.8 Å². The highest BCUT2D eigenvalue weighted by molar-refractivity contribution is 5.34. The predicted molar refractivity (Wildman–Crippen MR) is 72.8 cm³/mol. The molecule has 1 aromatic rings. The number of nitrogens with zero attached hydrogens (tertiary/aromatic N) is 3. The van der Waals surface area contributed by atoms with Gasteiger partial charge in [0.2, 0.25) is 0 Å². The highest BCUT2D eigenvalue weighted by atomic mass is 19.1. The van der Waals surface area contributed by atoms with E-state index in [-0.39, 0.29) is 12.3 Å². The summed E-state index contributed by atoms with van der Waals surface area (Å²) in [6, 6.07) is 4.26. The van der Waals surface area contributed by atoms with Crippen molar-refractivity contribution in [3.05, 3.63) is 40.0 Å². The Kier molecular flexibility index (Phi) is 4.47. The summed E-state index contributed by atoms with van der Waals surface area (Å²) in [6.07, 6.45) is 2.61. The van der Waals surface area contributed by atoms with Gasteiger partial charge in [0.05, 0.1) is 18.8 Å². The molecular weight excluding hydrogens is 261 g/mol. The van der Waals surface area contributed by atoms with Crippen LogP contribution < -0.4 is 4.74 Å². The van der Waals surface area contributed by atoms with Crippen LogP contribution in [0.3, 0.4) is 0 Å². The van der Waals surface area contributed by atoms with Crippen LogP contribution in [-0.2, 0) is 5.60 Å². The predicted octanol–water partition coefficient (Wildman–Crippen LogP) is 3.52. The Morgan fingerprint density at radius 1 is 1.55 bits per heavy atom. The molecule has 108 valence electrons. The molecule has 0 amide bonds. The van der Waals surface area contributed by atoms with Crippen LogP contribution in [0.1, 0.15) is 31.7 Å². The van der Waals surface area contributed by atoms with Crippen LogP contribution in [0.15, 0.2) is 23.3 Å². The van der Waals surface area contributed by atoms with Gasteiger partial charge in [0.25, 0.3) is 0 Å². The summed E-state index contributed by atoms with van der Waals surface area (Å²) in [5, 5.41) is 13.9. The molecule has 0 heterocycles. The number of benzene rings is 1. The normalized spacial score (nSPS) is 17.1. The summed E-state index contributed by atoms with van der Waals surface area (Å²) < 4.78 is 19.2. The van der Waals surface area contributed by atoms with Gasteiger partial charge in [-0.3, -0.25) is 0 Å². The lowest BCUT2D eigenvalue weighted by Crippen LogP contribution is -2.28. The second-order valence-electron chi connectivity index (χ2n) is 5.17. The van der Waals surface area contributed by atoms with E-state index in [0.29, 0.717) is 24.5 Å². The maximum absolute atomic E-state index is 13.7. The molecule has 1 N–H and O–H groups in total. The smallest absolute Gasteiger partial charge is 0.165 e. The van der Waals surface area contributed by atoms with Gasteiger partial charge >= 0.3 is 0 Å². The van der Waals surface area contributed by atoms with Crippen LogP contribution in [0.4, 0.5) is 4.39 Å². The fourth-order valence-electron chi connectivity index (χ4n) is 1.95. The van der Waals surface area contributed by atoms with Crippen molar-refractivity contribution in [2.75, 3.05) is 13.2 Å². The molecule has 0 aromatic heterocycles. The van der Waals surface area contributed by atoms with Crippen LogP contribution in [-0.4, -0.2) is 18.3 Å². The molecule has 0 radical (unpaired) electrons. The molecule has 20 heavy (non-hydrogen) atoms. The summed E-state index contributed by atoms with van der Waals surface area (Å²) in [6.45, 7) is 2.19. The number of ether oxygens (including phenoxy) is 1. The molecule has 0 unspecified atom stereocenters. The molecule has 6 heteroatoms. The number of halogens is 1. The third-order valence-electron chi connectivity index (χ3n) is 3.62. The van der Waals surface area contributed by atoms with E-state index in [1.54, 1.807) is 6.92 Å². The van der Waals surface area contributed by atoms with Gasteiger partial charge in [0.15, 0.2) is 11.6 Å². The Labute approximate surface area is 117 Å². The van der Waals surface area contributed by atoms with E-state index < -0.39 is 11.4 Å². The lowest BCUT2D eigenvalue weighted by Gasteiger charge is -2.26. The third-order valence-corrected chi connectivity index (χ3v) is 3.62. The zero-order valence-corrected chi connectivity index (χ0v) is 11.4. The maximum Gasteiger partial charge on any atom is 0.165 e. The highest BCUT2D eigenvalue weighted by Gasteiger charge is 2.28. The average Bonchev–Trinajstić information content (AvgIpc) is 3.28. The summed E-state index contributed by atoms with van der Waals surface area (Å²) >= 11 is 0. The summed E-state index contributed by atoms with van der Waals surface area (Å²) in [7, 11) is 0. The van der Waals surface area contributed by atoms with Gasteiger partial charge in [-0.1, -0.05) is 18.1 Å². The Morgan fingerprint density at radius 3 is 2.90 bits per heavy atom. The largest absolute Gasteiger partial charge is 0.490 e. The van der Waals surface area contributed by atoms with Gasteiger partial charge < -0.3 is 9.84 Å². The van der Waals surface area contributed by atoms with Crippen LogP contribution in [0.25, 0.3) is 10.4 Å². The Bertz CT molecular complexity index is 527. The molecule has 0 saturated heterocycles. The Hall–Kier alpha value is -1.78. The first-order chi connectivity index (χ1) is 9.59. The van der Waals surface area contributed by atoms with E-state index in [9.17, 15) is 9.50 Å². The van der Waals surface area contributed by atoms with E-state index in [1.807, 2.05) is 0 Å². The van der Waals surface area contributed by atoms with Crippen molar-refractivity contribution in [3.63, 3.8) is 0 Å². The first kappa shape index (κ1) is 14.6. The monoisotopic (exact) mass is 279 g/mol. The zero-order valence-electron chi connectivity index (χ0n) is 11.4. The van der Waals surface area contributed by atoms with Crippen molar-refractivity contribution in [2.45, 2.75) is 31.8 Å². The van der Waals surface area contributed by atoms with E-state index >= 15 is 0 Å². The van der Waals surface area contributed by atoms with Gasteiger partial charge in [0, 0.05) is 4.91 Å². The van der Waals surface area contributed by atoms with Gasteiger partial charge in [-0.15, -0.1) is 0 Å². The number of hydrogen-bond donors (Lipinski definition) is 1. The molecular formula is C14H18FN3O2.